The average molecular weight is 505 g/mol. The number of hydrogen-bond acceptors (Lipinski definition) is 5. The molecule has 0 saturated carbocycles. The van der Waals surface area contributed by atoms with Crippen LogP contribution in [-0.2, 0) is 13.0 Å². The third-order valence-corrected chi connectivity index (χ3v) is 5.81. The van der Waals surface area contributed by atoms with E-state index in [1.54, 1.807) is 29.2 Å². The van der Waals surface area contributed by atoms with Crippen molar-refractivity contribution in [3.63, 3.8) is 0 Å². The van der Waals surface area contributed by atoms with E-state index in [4.69, 9.17) is 25.5 Å². The molecule has 36 heavy (non-hydrogen) atoms. The van der Waals surface area contributed by atoms with Crippen molar-refractivity contribution in [2.75, 3.05) is 13.2 Å². The van der Waals surface area contributed by atoms with Crippen LogP contribution in [-0.4, -0.2) is 29.1 Å². The first-order chi connectivity index (χ1) is 17.5. The molecule has 4 aromatic rings. The quantitative estimate of drug-likeness (QED) is 0.226. The van der Waals surface area contributed by atoms with Gasteiger partial charge < -0.3 is 18.8 Å². The number of halogens is 1. The highest BCUT2D eigenvalue weighted by molar-refractivity contribution is 6.30. The molecule has 1 heterocycles. The Hall–Kier alpha value is -3.77. The summed E-state index contributed by atoms with van der Waals surface area (Å²) in [6.45, 7) is 5.45. The number of carbonyl (C=O) groups is 1. The van der Waals surface area contributed by atoms with E-state index < -0.39 is 6.09 Å². The lowest BCUT2D eigenvalue weighted by Gasteiger charge is -2.21. The third-order valence-electron chi connectivity index (χ3n) is 5.57. The van der Waals surface area contributed by atoms with Crippen molar-refractivity contribution >= 4 is 17.7 Å². The van der Waals surface area contributed by atoms with E-state index in [2.05, 4.69) is 4.98 Å². The highest BCUT2D eigenvalue weighted by Gasteiger charge is 2.16. The molecule has 186 valence electrons. The zero-order valence-corrected chi connectivity index (χ0v) is 21.2. The molecule has 0 unspecified atom stereocenters. The predicted octanol–water partition coefficient (Wildman–Crippen LogP) is 7.34. The van der Waals surface area contributed by atoms with Crippen LogP contribution in [0.5, 0.6) is 11.5 Å². The van der Waals surface area contributed by atoms with Gasteiger partial charge >= 0.3 is 6.09 Å². The number of rotatable bonds is 10. The molecule has 0 atom stereocenters. The highest BCUT2D eigenvalue weighted by atomic mass is 35.5. The summed E-state index contributed by atoms with van der Waals surface area (Å²) in [7, 11) is 0. The van der Waals surface area contributed by atoms with Gasteiger partial charge in [-0.1, -0.05) is 54.9 Å². The molecule has 3 aromatic carbocycles. The van der Waals surface area contributed by atoms with Crippen LogP contribution in [0.1, 0.15) is 30.4 Å². The Morgan fingerprint density at radius 1 is 1.00 bits per heavy atom. The average Bonchev–Trinajstić information content (AvgIpc) is 3.25. The highest BCUT2D eigenvalue weighted by Crippen LogP contribution is 2.22. The van der Waals surface area contributed by atoms with Gasteiger partial charge in [0, 0.05) is 30.1 Å². The van der Waals surface area contributed by atoms with Crippen molar-refractivity contribution in [1.29, 1.82) is 0 Å². The van der Waals surface area contributed by atoms with E-state index in [1.807, 2.05) is 68.4 Å². The van der Waals surface area contributed by atoms with E-state index in [-0.39, 0.29) is 0 Å². The van der Waals surface area contributed by atoms with E-state index in [0.29, 0.717) is 42.8 Å². The third kappa shape index (κ3) is 6.89. The summed E-state index contributed by atoms with van der Waals surface area (Å²) in [6, 6.07) is 24.4. The van der Waals surface area contributed by atoms with E-state index in [9.17, 15) is 4.79 Å². The molecule has 7 heteroatoms. The van der Waals surface area contributed by atoms with Gasteiger partial charge in [-0.2, -0.15) is 0 Å². The Kier molecular flexibility index (Phi) is 8.63. The van der Waals surface area contributed by atoms with Crippen molar-refractivity contribution in [3.8, 4) is 23.0 Å². The van der Waals surface area contributed by atoms with Crippen molar-refractivity contribution < 1.29 is 18.7 Å². The summed E-state index contributed by atoms with van der Waals surface area (Å²) >= 11 is 5.99. The second kappa shape index (κ2) is 12.3. The zero-order valence-electron chi connectivity index (χ0n) is 20.4. The fourth-order valence-corrected chi connectivity index (χ4v) is 3.92. The van der Waals surface area contributed by atoms with Gasteiger partial charge in [0.05, 0.1) is 12.3 Å². The summed E-state index contributed by atoms with van der Waals surface area (Å²) in [5, 5.41) is 0.522. The SMILES string of the molecule is CCCN(Cc1ccc(OCCc2nc(-c3ccccc3)oc2C)cc1)C(=O)Oc1cccc(Cl)c1. The summed E-state index contributed by atoms with van der Waals surface area (Å²) in [6.07, 6.45) is 1.06. The Morgan fingerprint density at radius 2 is 1.78 bits per heavy atom. The maximum Gasteiger partial charge on any atom is 0.415 e. The number of ether oxygens (including phenoxy) is 2. The molecule has 0 aliphatic rings. The zero-order chi connectivity index (χ0) is 25.3. The van der Waals surface area contributed by atoms with Crippen LogP contribution in [0.15, 0.2) is 83.3 Å². The maximum atomic E-state index is 12.7. The first-order valence-corrected chi connectivity index (χ1v) is 12.4. The number of hydrogen-bond donors (Lipinski definition) is 0. The molecule has 0 aliphatic heterocycles. The van der Waals surface area contributed by atoms with Gasteiger partial charge in [-0.05, 0) is 61.4 Å². The van der Waals surface area contributed by atoms with Crippen LogP contribution in [0, 0.1) is 6.92 Å². The summed E-state index contributed by atoms with van der Waals surface area (Å²) in [5.41, 5.74) is 2.83. The molecular formula is C29H29ClN2O4. The van der Waals surface area contributed by atoms with Crippen LogP contribution in [0.4, 0.5) is 4.79 Å². The lowest BCUT2D eigenvalue weighted by atomic mass is 10.2. The van der Waals surface area contributed by atoms with Crippen LogP contribution in [0.3, 0.4) is 0 Å². The Morgan fingerprint density at radius 3 is 2.50 bits per heavy atom. The van der Waals surface area contributed by atoms with Gasteiger partial charge in [-0.25, -0.2) is 9.78 Å². The molecule has 0 radical (unpaired) electrons. The minimum atomic E-state index is -0.405. The molecule has 0 saturated heterocycles. The number of aromatic nitrogens is 1. The Balaban J connectivity index is 1.30. The summed E-state index contributed by atoms with van der Waals surface area (Å²) in [5.74, 6) is 2.61. The van der Waals surface area contributed by atoms with Crippen LogP contribution in [0.25, 0.3) is 11.5 Å². The van der Waals surface area contributed by atoms with E-state index >= 15 is 0 Å². The molecule has 0 spiro atoms. The van der Waals surface area contributed by atoms with Crippen LogP contribution >= 0.6 is 11.6 Å². The summed E-state index contributed by atoms with van der Waals surface area (Å²) in [4.78, 5) is 19.0. The molecule has 1 amide bonds. The molecule has 0 N–H and O–H groups in total. The summed E-state index contributed by atoms with van der Waals surface area (Å²) < 4.78 is 17.3. The molecule has 6 nitrogen and oxygen atoms in total. The van der Waals surface area contributed by atoms with Crippen molar-refractivity contribution in [2.45, 2.75) is 33.2 Å². The number of benzene rings is 3. The van der Waals surface area contributed by atoms with Crippen molar-refractivity contribution in [2.24, 2.45) is 0 Å². The van der Waals surface area contributed by atoms with Gasteiger partial charge in [0.2, 0.25) is 5.89 Å². The standard InChI is InChI=1S/C29H29ClN2O4/c1-3-17-32(29(33)36-26-11-7-10-24(30)19-26)20-22-12-14-25(15-13-22)34-18-16-27-21(2)35-28(31-27)23-8-5-4-6-9-23/h4-15,19H,3,16-18,20H2,1-2H3. The Labute approximate surface area is 216 Å². The van der Waals surface area contributed by atoms with Crippen LogP contribution in [0.2, 0.25) is 5.02 Å². The van der Waals surface area contributed by atoms with Gasteiger partial charge in [0.15, 0.2) is 0 Å². The fraction of sp³-hybridized carbons (Fsp3) is 0.241. The predicted molar refractivity (Wildman–Crippen MR) is 140 cm³/mol. The van der Waals surface area contributed by atoms with Gasteiger partial charge in [0.1, 0.15) is 17.3 Å². The Bertz CT molecular complexity index is 1270. The van der Waals surface area contributed by atoms with Gasteiger partial charge in [0.25, 0.3) is 0 Å². The molecule has 0 bridgehead atoms. The normalized spacial score (nSPS) is 10.8. The van der Waals surface area contributed by atoms with E-state index in [0.717, 1.165) is 34.8 Å². The molecule has 0 fully saturated rings. The molecule has 0 aliphatic carbocycles. The van der Waals surface area contributed by atoms with Crippen molar-refractivity contribution in [1.82, 2.24) is 9.88 Å². The molecular weight excluding hydrogens is 476 g/mol. The van der Waals surface area contributed by atoms with Gasteiger partial charge in [-0.15, -0.1) is 0 Å². The molecule has 1 aromatic heterocycles. The maximum absolute atomic E-state index is 12.7. The number of aryl methyl sites for hydroxylation is 1. The first-order valence-electron chi connectivity index (χ1n) is 12.0. The smallest absolute Gasteiger partial charge is 0.415 e. The second-order valence-electron chi connectivity index (χ2n) is 8.38. The largest absolute Gasteiger partial charge is 0.493 e. The first kappa shape index (κ1) is 25.3. The number of amides is 1. The van der Waals surface area contributed by atoms with Crippen molar-refractivity contribution in [3.05, 3.63) is 101 Å². The second-order valence-corrected chi connectivity index (χ2v) is 8.81. The number of carbonyl (C=O) groups excluding carboxylic acids is 1. The lowest BCUT2D eigenvalue weighted by Crippen LogP contribution is -2.33. The molecule has 4 rings (SSSR count). The topological polar surface area (TPSA) is 64.8 Å². The van der Waals surface area contributed by atoms with Gasteiger partial charge in [-0.3, -0.25) is 0 Å². The number of nitrogens with zero attached hydrogens (tertiary/aromatic N) is 2. The monoisotopic (exact) mass is 504 g/mol. The fourth-order valence-electron chi connectivity index (χ4n) is 3.74. The van der Waals surface area contributed by atoms with Crippen LogP contribution < -0.4 is 9.47 Å². The minimum Gasteiger partial charge on any atom is -0.493 e. The minimum absolute atomic E-state index is 0.405. The number of oxazole rings is 1. The van der Waals surface area contributed by atoms with E-state index in [1.165, 1.54) is 0 Å². The lowest BCUT2D eigenvalue weighted by molar-refractivity contribution is 0.149.